The highest BCUT2D eigenvalue weighted by molar-refractivity contribution is 6.31. The standard InChI is InChI=1S/C26H30ClN5O2/c1-17-6-5-7-18(2)25(17)28-23(33)16-30-12-14-31(15-13-30)26(34)21-8-10-22(11-9-21)32-20(4)24(27)19(3)29-32/h5-11H,12-16H2,1-4H3,(H,28,33). The molecule has 1 saturated heterocycles. The molecule has 1 N–H and O–H groups in total. The molecule has 0 spiro atoms. The summed E-state index contributed by atoms with van der Waals surface area (Å²) >= 11 is 6.26. The van der Waals surface area contributed by atoms with Gasteiger partial charge in [0.2, 0.25) is 5.91 Å². The fraction of sp³-hybridized carbons (Fsp3) is 0.346. The number of halogens is 1. The monoisotopic (exact) mass is 479 g/mol. The van der Waals surface area contributed by atoms with Crippen LogP contribution >= 0.6 is 11.6 Å². The zero-order valence-electron chi connectivity index (χ0n) is 20.1. The molecule has 0 aliphatic carbocycles. The number of nitrogens with zero attached hydrogens (tertiary/aromatic N) is 4. The summed E-state index contributed by atoms with van der Waals surface area (Å²) in [5.74, 6) is -0.0328. The topological polar surface area (TPSA) is 70.5 Å². The van der Waals surface area contributed by atoms with Gasteiger partial charge in [-0.05, 0) is 63.1 Å². The van der Waals surface area contributed by atoms with Crippen LogP contribution in [-0.2, 0) is 4.79 Å². The third kappa shape index (κ3) is 5.00. The number of nitrogens with one attached hydrogen (secondary N) is 1. The van der Waals surface area contributed by atoms with Gasteiger partial charge in [0.25, 0.3) is 5.91 Å². The smallest absolute Gasteiger partial charge is 0.253 e. The molecule has 4 rings (SSSR count). The summed E-state index contributed by atoms with van der Waals surface area (Å²) in [6.07, 6.45) is 0. The minimum atomic E-state index is -0.0305. The SMILES string of the molecule is Cc1cccc(C)c1NC(=O)CN1CCN(C(=O)c2ccc(-n3nc(C)c(Cl)c3C)cc2)CC1. The molecule has 2 heterocycles. The van der Waals surface area contributed by atoms with Crippen molar-refractivity contribution >= 4 is 29.1 Å². The summed E-state index contributed by atoms with van der Waals surface area (Å²) in [4.78, 5) is 29.5. The van der Waals surface area contributed by atoms with Crippen molar-refractivity contribution in [3.8, 4) is 5.69 Å². The lowest BCUT2D eigenvalue weighted by Crippen LogP contribution is -2.50. The van der Waals surface area contributed by atoms with Crippen molar-refractivity contribution in [1.29, 1.82) is 0 Å². The van der Waals surface area contributed by atoms with Gasteiger partial charge in [-0.3, -0.25) is 14.5 Å². The molecule has 1 aliphatic rings. The first-order valence-electron chi connectivity index (χ1n) is 11.4. The molecule has 34 heavy (non-hydrogen) atoms. The van der Waals surface area contributed by atoms with E-state index in [1.807, 2.05) is 75.1 Å². The Labute approximate surface area is 205 Å². The number of hydrogen-bond acceptors (Lipinski definition) is 4. The van der Waals surface area contributed by atoms with Gasteiger partial charge in [-0.15, -0.1) is 0 Å². The highest BCUT2D eigenvalue weighted by Crippen LogP contribution is 2.23. The first-order chi connectivity index (χ1) is 16.2. The van der Waals surface area contributed by atoms with Crippen LogP contribution in [0, 0.1) is 27.7 Å². The number of aromatic nitrogens is 2. The molecule has 2 amide bonds. The van der Waals surface area contributed by atoms with Crippen LogP contribution in [0.1, 0.15) is 32.9 Å². The van der Waals surface area contributed by atoms with Gasteiger partial charge in [-0.25, -0.2) is 4.68 Å². The maximum Gasteiger partial charge on any atom is 0.253 e. The Morgan fingerprint density at radius 1 is 0.941 bits per heavy atom. The molecule has 0 saturated carbocycles. The Balaban J connectivity index is 1.32. The quantitative estimate of drug-likeness (QED) is 0.596. The van der Waals surface area contributed by atoms with Gasteiger partial charge in [0.1, 0.15) is 0 Å². The van der Waals surface area contributed by atoms with E-state index < -0.39 is 0 Å². The van der Waals surface area contributed by atoms with E-state index in [9.17, 15) is 9.59 Å². The predicted octanol–water partition coefficient (Wildman–Crippen LogP) is 4.16. The van der Waals surface area contributed by atoms with E-state index in [2.05, 4.69) is 15.3 Å². The largest absolute Gasteiger partial charge is 0.336 e. The number of amides is 2. The van der Waals surface area contributed by atoms with Gasteiger partial charge in [-0.2, -0.15) is 5.10 Å². The van der Waals surface area contributed by atoms with Crippen LogP contribution in [0.2, 0.25) is 5.02 Å². The van der Waals surface area contributed by atoms with E-state index in [0.717, 1.165) is 33.9 Å². The molecule has 3 aromatic rings. The number of carbonyl (C=O) groups excluding carboxylic acids is 2. The summed E-state index contributed by atoms with van der Waals surface area (Å²) in [6, 6.07) is 13.4. The second-order valence-electron chi connectivity index (χ2n) is 8.83. The molecule has 1 aromatic heterocycles. The molecule has 8 heteroatoms. The van der Waals surface area contributed by atoms with Crippen molar-refractivity contribution in [3.05, 3.63) is 75.6 Å². The zero-order chi connectivity index (χ0) is 24.4. The number of aryl methyl sites for hydroxylation is 3. The van der Waals surface area contributed by atoms with Gasteiger partial charge in [0.15, 0.2) is 0 Å². The Morgan fingerprint density at radius 2 is 1.56 bits per heavy atom. The van der Waals surface area contributed by atoms with E-state index in [-0.39, 0.29) is 11.8 Å². The summed E-state index contributed by atoms with van der Waals surface area (Å²) in [6.45, 7) is 10.6. The second-order valence-corrected chi connectivity index (χ2v) is 9.20. The fourth-order valence-electron chi connectivity index (χ4n) is 4.31. The number of anilines is 1. The predicted molar refractivity (Wildman–Crippen MR) is 135 cm³/mol. The number of piperazine rings is 1. The third-order valence-electron chi connectivity index (χ3n) is 6.33. The van der Waals surface area contributed by atoms with Crippen LogP contribution in [0.5, 0.6) is 0 Å². The second kappa shape index (κ2) is 9.99. The van der Waals surface area contributed by atoms with Crippen LogP contribution < -0.4 is 5.32 Å². The number of benzene rings is 2. The molecular weight excluding hydrogens is 450 g/mol. The van der Waals surface area contributed by atoms with Gasteiger partial charge >= 0.3 is 0 Å². The van der Waals surface area contributed by atoms with E-state index in [4.69, 9.17) is 11.6 Å². The van der Waals surface area contributed by atoms with Crippen LogP contribution in [0.15, 0.2) is 42.5 Å². The van der Waals surface area contributed by atoms with E-state index >= 15 is 0 Å². The van der Waals surface area contributed by atoms with Crippen molar-refractivity contribution in [3.63, 3.8) is 0 Å². The highest BCUT2D eigenvalue weighted by Gasteiger charge is 2.24. The van der Waals surface area contributed by atoms with Crippen molar-refractivity contribution in [2.24, 2.45) is 0 Å². The van der Waals surface area contributed by atoms with Crippen molar-refractivity contribution in [2.75, 3.05) is 38.0 Å². The summed E-state index contributed by atoms with van der Waals surface area (Å²) in [5, 5.41) is 8.15. The number of carbonyl (C=O) groups is 2. The number of rotatable bonds is 5. The molecule has 0 radical (unpaired) electrons. The molecule has 1 aliphatic heterocycles. The fourth-order valence-corrected chi connectivity index (χ4v) is 4.42. The van der Waals surface area contributed by atoms with Crippen LogP contribution in [0.25, 0.3) is 5.69 Å². The summed E-state index contributed by atoms with van der Waals surface area (Å²) in [7, 11) is 0. The first-order valence-corrected chi connectivity index (χ1v) is 11.8. The lowest BCUT2D eigenvalue weighted by atomic mass is 10.1. The number of para-hydroxylation sites is 1. The van der Waals surface area contributed by atoms with Crippen molar-refractivity contribution in [1.82, 2.24) is 19.6 Å². The molecule has 1 fully saturated rings. The van der Waals surface area contributed by atoms with Gasteiger partial charge < -0.3 is 10.2 Å². The minimum absolute atomic E-state index is 0.00223. The Morgan fingerprint density at radius 3 is 2.12 bits per heavy atom. The number of hydrogen-bond donors (Lipinski definition) is 1. The van der Waals surface area contributed by atoms with Gasteiger partial charge in [0.05, 0.1) is 28.6 Å². The lowest BCUT2D eigenvalue weighted by Gasteiger charge is -2.34. The first kappa shape index (κ1) is 24.0. The van der Waals surface area contributed by atoms with Gasteiger partial charge in [0, 0.05) is 37.4 Å². The Kier molecular flexibility index (Phi) is 7.05. The van der Waals surface area contributed by atoms with Crippen molar-refractivity contribution < 1.29 is 9.59 Å². The average Bonchev–Trinajstić information content (AvgIpc) is 3.09. The normalized spacial score (nSPS) is 14.3. The van der Waals surface area contributed by atoms with E-state index in [1.54, 1.807) is 4.68 Å². The molecule has 178 valence electrons. The summed E-state index contributed by atoms with van der Waals surface area (Å²) in [5.41, 5.74) is 6.14. The van der Waals surface area contributed by atoms with Crippen LogP contribution in [-0.4, -0.2) is 64.1 Å². The van der Waals surface area contributed by atoms with Crippen molar-refractivity contribution in [2.45, 2.75) is 27.7 Å². The van der Waals surface area contributed by atoms with Crippen LogP contribution in [0.4, 0.5) is 5.69 Å². The maximum atomic E-state index is 13.0. The van der Waals surface area contributed by atoms with E-state index in [1.165, 1.54) is 0 Å². The lowest BCUT2D eigenvalue weighted by molar-refractivity contribution is -0.117. The Bertz CT molecular complexity index is 1190. The summed E-state index contributed by atoms with van der Waals surface area (Å²) < 4.78 is 1.79. The highest BCUT2D eigenvalue weighted by atomic mass is 35.5. The molecular formula is C26H30ClN5O2. The molecule has 0 unspecified atom stereocenters. The maximum absolute atomic E-state index is 13.0. The average molecular weight is 480 g/mol. The minimum Gasteiger partial charge on any atom is -0.336 e. The molecule has 0 atom stereocenters. The van der Waals surface area contributed by atoms with Gasteiger partial charge in [-0.1, -0.05) is 29.8 Å². The molecule has 0 bridgehead atoms. The zero-order valence-corrected chi connectivity index (χ0v) is 20.8. The van der Waals surface area contributed by atoms with E-state index in [0.29, 0.717) is 43.3 Å². The Hall–Kier alpha value is -3.16. The molecule has 7 nitrogen and oxygen atoms in total. The molecule has 2 aromatic carbocycles. The third-order valence-corrected chi connectivity index (χ3v) is 6.88. The van der Waals surface area contributed by atoms with Crippen LogP contribution in [0.3, 0.4) is 0 Å².